The van der Waals surface area contributed by atoms with Gasteiger partial charge >= 0.3 is 0 Å². The Hall–Kier alpha value is -1.69. The molecule has 1 atom stereocenters. The van der Waals surface area contributed by atoms with Gasteiger partial charge in [0.2, 0.25) is 0 Å². The first-order chi connectivity index (χ1) is 11.6. The molecule has 3 rings (SSSR count). The van der Waals surface area contributed by atoms with Crippen LogP contribution in [0.3, 0.4) is 0 Å². The minimum Gasteiger partial charge on any atom is -0.198 e. The van der Waals surface area contributed by atoms with Gasteiger partial charge in [0.25, 0.3) is 10.2 Å². The van der Waals surface area contributed by atoms with Gasteiger partial charge in [-0.25, -0.2) is 0 Å². The van der Waals surface area contributed by atoms with E-state index >= 15 is 0 Å². The van der Waals surface area contributed by atoms with E-state index in [4.69, 9.17) is 0 Å². The molecule has 0 radical (unpaired) electrons. The zero-order valence-corrected chi connectivity index (χ0v) is 14.6. The van der Waals surface area contributed by atoms with E-state index in [9.17, 15) is 8.42 Å². The minimum absolute atomic E-state index is 0.0958. The van der Waals surface area contributed by atoms with Crippen LogP contribution < -0.4 is 4.72 Å². The molecule has 2 aromatic carbocycles. The van der Waals surface area contributed by atoms with Crippen molar-refractivity contribution in [1.82, 2.24) is 9.03 Å². The van der Waals surface area contributed by atoms with Gasteiger partial charge in [0.05, 0.1) is 0 Å². The maximum Gasteiger partial charge on any atom is 0.280 e. The number of hydrogen-bond acceptors (Lipinski definition) is 2. The molecule has 1 N–H and O–H groups in total. The lowest BCUT2D eigenvalue weighted by atomic mass is 10.0. The number of nitrogens with zero attached hydrogens (tertiary/aromatic N) is 1. The molecule has 1 aliphatic rings. The average Bonchev–Trinajstić information content (AvgIpc) is 3.10. The summed E-state index contributed by atoms with van der Waals surface area (Å²) in [7, 11) is -3.43. The maximum atomic E-state index is 12.6. The summed E-state index contributed by atoms with van der Waals surface area (Å²) in [5.74, 6) is 0. The van der Waals surface area contributed by atoms with Crippen molar-refractivity contribution in [2.24, 2.45) is 0 Å². The highest BCUT2D eigenvalue weighted by Gasteiger charge is 2.33. The van der Waals surface area contributed by atoms with E-state index in [0.717, 1.165) is 31.2 Å². The van der Waals surface area contributed by atoms with E-state index in [-0.39, 0.29) is 6.04 Å². The van der Waals surface area contributed by atoms with Crippen molar-refractivity contribution in [3.8, 4) is 0 Å². The van der Waals surface area contributed by atoms with E-state index < -0.39 is 10.2 Å². The van der Waals surface area contributed by atoms with E-state index in [1.807, 2.05) is 48.5 Å². The van der Waals surface area contributed by atoms with Crippen molar-refractivity contribution < 1.29 is 8.42 Å². The topological polar surface area (TPSA) is 49.4 Å². The van der Waals surface area contributed by atoms with E-state index in [2.05, 4.69) is 16.9 Å². The predicted molar refractivity (Wildman–Crippen MR) is 96.7 cm³/mol. The minimum atomic E-state index is -3.43. The summed E-state index contributed by atoms with van der Waals surface area (Å²) in [4.78, 5) is 0. The lowest BCUT2D eigenvalue weighted by molar-refractivity contribution is 0.364. The Morgan fingerprint density at radius 1 is 0.958 bits per heavy atom. The predicted octanol–water partition coefficient (Wildman–Crippen LogP) is 3.12. The third kappa shape index (κ3) is 4.44. The molecule has 5 heteroatoms. The van der Waals surface area contributed by atoms with Crippen LogP contribution in [-0.4, -0.2) is 25.3 Å². The first-order valence-corrected chi connectivity index (χ1v) is 9.93. The second-order valence-electron chi connectivity index (χ2n) is 6.24. The molecule has 1 saturated heterocycles. The van der Waals surface area contributed by atoms with Crippen LogP contribution in [0.25, 0.3) is 0 Å². The molecule has 1 unspecified atom stereocenters. The largest absolute Gasteiger partial charge is 0.280 e. The van der Waals surface area contributed by atoms with Gasteiger partial charge in [-0.3, -0.25) is 0 Å². The molecule has 1 fully saturated rings. The Kier molecular flexibility index (Phi) is 5.66. The fourth-order valence-corrected chi connectivity index (χ4v) is 4.73. The summed E-state index contributed by atoms with van der Waals surface area (Å²) < 4.78 is 29.7. The third-order valence-corrected chi connectivity index (χ3v) is 6.15. The number of rotatable bonds is 7. The van der Waals surface area contributed by atoms with Crippen LogP contribution in [0.5, 0.6) is 0 Å². The number of benzene rings is 2. The molecule has 0 spiro atoms. The standard InChI is InChI=1S/C19H24N2O2S/c22-24(23,20-16-18-10-5-2-6-11-18)21-15-7-12-19(21)14-13-17-8-3-1-4-9-17/h1-6,8-11,19-20H,7,12-16H2. The zero-order chi connectivity index (χ0) is 16.8. The lowest BCUT2D eigenvalue weighted by Gasteiger charge is -2.24. The molecule has 128 valence electrons. The molecule has 1 aliphatic heterocycles. The van der Waals surface area contributed by atoms with Gasteiger partial charge in [0.15, 0.2) is 0 Å². The third-order valence-electron chi connectivity index (χ3n) is 4.54. The second-order valence-corrected chi connectivity index (χ2v) is 7.95. The van der Waals surface area contributed by atoms with Gasteiger partial charge in [-0.2, -0.15) is 17.4 Å². The first kappa shape index (κ1) is 17.1. The van der Waals surface area contributed by atoms with Gasteiger partial charge in [-0.05, 0) is 36.8 Å². The highest BCUT2D eigenvalue weighted by molar-refractivity contribution is 7.87. The van der Waals surface area contributed by atoms with Crippen LogP contribution >= 0.6 is 0 Å². The van der Waals surface area contributed by atoms with Crippen LogP contribution in [0.2, 0.25) is 0 Å². The molecular formula is C19H24N2O2S. The molecule has 0 aliphatic carbocycles. The highest BCUT2D eigenvalue weighted by Crippen LogP contribution is 2.24. The summed E-state index contributed by atoms with van der Waals surface area (Å²) in [6, 6.07) is 20.0. The average molecular weight is 344 g/mol. The van der Waals surface area contributed by atoms with Crippen molar-refractivity contribution >= 4 is 10.2 Å². The van der Waals surface area contributed by atoms with Crippen molar-refractivity contribution in [2.45, 2.75) is 38.3 Å². The zero-order valence-electron chi connectivity index (χ0n) is 13.8. The molecule has 0 bridgehead atoms. The summed E-state index contributed by atoms with van der Waals surface area (Å²) in [5, 5.41) is 0. The second kappa shape index (κ2) is 7.92. The van der Waals surface area contributed by atoms with E-state index in [0.29, 0.717) is 13.1 Å². The van der Waals surface area contributed by atoms with Crippen molar-refractivity contribution in [3.05, 3.63) is 71.8 Å². The fraction of sp³-hybridized carbons (Fsp3) is 0.368. The summed E-state index contributed by atoms with van der Waals surface area (Å²) in [6.07, 6.45) is 3.66. The number of aryl methyl sites for hydroxylation is 1. The summed E-state index contributed by atoms with van der Waals surface area (Å²) >= 11 is 0. The number of hydrogen-bond donors (Lipinski definition) is 1. The highest BCUT2D eigenvalue weighted by atomic mass is 32.2. The van der Waals surface area contributed by atoms with Gasteiger partial charge < -0.3 is 0 Å². The molecular weight excluding hydrogens is 320 g/mol. The van der Waals surface area contributed by atoms with Crippen LogP contribution in [-0.2, 0) is 23.2 Å². The maximum absolute atomic E-state index is 12.6. The molecule has 0 aromatic heterocycles. The molecule has 4 nitrogen and oxygen atoms in total. The molecule has 0 saturated carbocycles. The Labute approximate surface area is 144 Å². The summed E-state index contributed by atoms with van der Waals surface area (Å²) in [6.45, 7) is 0.953. The fourth-order valence-electron chi connectivity index (χ4n) is 3.25. The normalized spacial score (nSPS) is 18.8. The monoisotopic (exact) mass is 344 g/mol. The van der Waals surface area contributed by atoms with Gasteiger partial charge in [0.1, 0.15) is 0 Å². The molecule has 24 heavy (non-hydrogen) atoms. The quantitative estimate of drug-likeness (QED) is 0.839. The molecule has 0 amide bonds. The SMILES string of the molecule is O=S(=O)(NCc1ccccc1)N1CCCC1CCc1ccccc1. The van der Waals surface area contributed by atoms with Crippen molar-refractivity contribution in [2.75, 3.05) is 6.54 Å². The van der Waals surface area contributed by atoms with Crippen LogP contribution in [0.15, 0.2) is 60.7 Å². The Bertz CT molecular complexity index is 732. The molecule has 2 aromatic rings. The Morgan fingerprint density at radius 3 is 2.25 bits per heavy atom. The van der Waals surface area contributed by atoms with Crippen molar-refractivity contribution in [1.29, 1.82) is 0 Å². The van der Waals surface area contributed by atoms with Crippen LogP contribution in [0.1, 0.15) is 30.4 Å². The smallest absolute Gasteiger partial charge is 0.198 e. The Balaban J connectivity index is 1.59. The van der Waals surface area contributed by atoms with E-state index in [1.165, 1.54) is 5.56 Å². The van der Waals surface area contributed by atoms with Crippen LogP contribution in [0, 0.1) is 0 Å². The number of nitrogens with one attached hydrogen (secondary N) is 1. The molecule has 1 heterocycles. The van der Waals surface area contributed by atoms with Gasteiger partial charge in [-0.1, -0.05) is 60.7 Å². The van der Waals surface area contributed by atoms with Gasteiger partial charge in [-0.15, -0.1) is 0 Å². The van der Waals surface area contributed by atoms with Crippen LogP contribution in [0.4, 0.5) is 0 Å². The summed E-state index contributed by atoms with van der Waals surface area (Å²) in [5.41, 5.74) is 2.24. The first-order valence-electron chi connectivity index (χ1n) is 8.49. The van der Waals surface area contributed by atoms with Crippen molar-refractivity contribution in [3.63, 3.8) is 0 Å². The van der Waals surface area contributed by atoms with E-state index in [1.54, 1.807) is 4.31 Å². The van der Waals surface area contributed by atoms with Gasteiger partial charge in [0, 0.05) is 19.1 Å². The Morgan fingerprint density at radius 2 is 1.58 bits per heavy atom. The lowest BCUT2D eigenvalue weighted by Crippen LogP contribution is -2.43.